The molecule has 1 aliphatic heterocycles. The van der Waals surface area contributed by atoms with Gasteiger partial charge < -0.3 is 9.47 Å². The minimum absolute atomic E-state index is 0.0297. The molecule has 2 aromatic rings. The lowest BCUT2D eigenvalue weighted by molar-refractivity contribution is -0.155. The fourth-order valence-electron chi connectivity index (χ4n) is 4.20. The zero-order valence-electron chi connectivity index (χ0n) is 23.8. The predicted molar refractivity (Wildman–Crippen MR) is 155 cm³/mol. The highest BCUT2D eigenvalue weighted by Gasteiger charge is 2.35. The van der Waals surface area contributed by atoms with Crippen LogP contribution < -0.4 is 0 Å². The topological polar surface area (TPSA) is 109 Å². The Bertz CT molecular complexity index is 1400. The van der Waals surface area contributed by atoms with Crippen LogP contribution in [0.3, 0.4) is 0 Å². The second-order valence-corrected chi connectivity index (χ2v) is 14.2. The molecule has 0 radical (unpaired) electrons. The van der Waals surface area contributed by atoms with Gasteiger partial charge in [0, 0.05) is 30.9 Å². The summed E-state index contributed by atoms with van der Waals surface area (Å²) in [4.78, 5) is 29.9. The summed E-state index contributed by atoms with van der Waals surface area (Å²) in [7, 11) is -3.71. The molecule has 13 heteroatoms. The molecular formula is C27H36Cl2N4O6S. The number of aromatic nitrogens is 1. The number of hydrogen-bond donors (Lipinski definition) is 0. The molecule has 2 heterocycles. The van der Waals surface area contributed by atoms with E-state index in [1.807, 2.05) is 18.2 Å². The van der Waals surface area contributed by atoms with Crippen molar-refractivity contribution >= 4 is 56.2 Å². The van der Waals surface area contributed by atoms with Gasteiger partial charge >= 0.3 is 12.1 Å². The zero-order valence-corrected chi connectivity index (χ0v) is 26.1. The number of rotatable bonds is 8. The Labute approximate surface area is 245 Å². The van der Waals surface area contributed by atoms with Crippen molar-refractivity contribution in [2.45, 2.75) is 65.2 Å². The van der Waals surface area contributed by atoms with E-state index >= 15 is 0 Å². The van der Waals surface area contributed by atoms with E-state index in [-0.39, 0.29) is 13.1 Å². The first kappa shape index (κ1) is 32.1. The van der Waals surface area contributed by atoms with Gasteiger partial charge in [-0.15, -0.1) is 0 Å². The number of fused-ring (bicyclic) bond motifs is 1. The van der Waals surface area contributed by atoms with Crippen LogP contribution in [0.1, 0.15) is 59.6 Å². The average molecular weight is 616 g/mol. The smallest absolute Gasteiger partial charge is 0.429 e. The number of esters is 1. The Kier molecular flexibility index (Phi) is 9.78. The molecule has 0 N–H and O–H groups in total. The molecule has 1 aliphatic rings. The van der Waals surface area contributed by atoms with E-state index < -0.39 is 45.9 Å². The maximum Gasteiger partial charge on any atom is 0.429 e. The molecule has 0 saturated carbocycles. The molecule has 0 saturated heterocycles. The minimum Gasteiger partial charge on any atom is -0.459 e. The summed E-state index contributed by atoms with van der Waals surface area (Å²) in [6.45, 7) is 10.3. The third-order valence-electron chi connectivity index (χ3n) is 5.73. The van der Waals surface area contributed by atoms with E-state index in [9.17, 15) is 18.0 Å². The van der Waals surface area contributed by atoms with Gasteiger partial charge in [-0.3, -0.25) is 9.78 Å². The van der Waals surface area contributed by atoms with Crippen LogP contribution in [0.15, 0.2) is 36.7 Å². The van der Waals surface area contributed by atoms with E-state index in [1.165, 1.54) is 5.01 Å². The van der Waals surface area contributed by atoms with E-state index in [4.69, 9.17) is 32.7 Å². The van der Waals surface area contributed by atoms with Crippen molar-refractivity contribution in [1.82, 2.24) is 19.3 Å². The standard InChI is InChI=1S/C27H36Cl2N4O6S/c1-26(2,3)38-22(34)17-31(40(7,36)37)14-8-15-32-21(12-16-33(32)25(35)39-27(4,5)6)18-11-13-30-24-19(18)9-10-20(28)23(24)29/h9-13,16,21H,8,14-15,17H2,1-7H3. The van der Waals surface area contributed by atoms with E-state index in [0.717, 1.165) is 21.5 Å². The fraction of sp³-hybridized carbons (Fsp3) is 0.519. The van der Waals surface area contributed by atoms with Gasteiger partial charge in [0.2, 0.25) is 10.0 Å². The molecule has 0 spiro atoms. The van der Waals surface area contributed by atoms with Gasteiger partial charge in [-0.2, -0.15) is 4.31 Å². The third kappa shape index (κ3) is 8.29. The van der Waals surface area contributed by atoms with Crippen LogP contribution in [-0.2, 0) is 24.3 Å². The Balaban J connectivity index is 1.89. The summed E-state index contributed by atoms with van der Waals surface area (Å²) in [5.41, 5.74) is -0.137. The number of carbonyl (C=O) groups excluding carboxylic acids is 2. The first-order chi connectivity index (χ1) is 18.4. The minimum atomic E-state index is -3.71. The van der Waals surface area contributed by atoms with Crippen LogP contribution in [0.4, 0.5) is 4.79 Å². The Morgan fingerprint density at radius 3 is 2.30 bits per heavy atom. The predicted octanol–water partition coefficient (Wildman–Crippen LogP) is 5.56. The van der Waals surface area contributed by atoms with Crippen LogP contribution in [0, 0.1) is 0 Å². The number of hydrazine groups is 1. The van der Waals surface area contributed by atoms with Crippen molar-refractivity contribution in [2.24, 2.45) is 0 Å². The van der Waals surface area contributed by atoms with E-state index in [2.05, 4.69) is 4.98 Å². The molecule has 1 atom stereocenters. The molecule has 3 rings (SSSR count). The van der Waals surface area contributed by atoms with E-state index in [1.54, 1.807) is 65.0 Å². The Morgan fingerprint density at radius 2 is 1.70 bits per heavy atom. The number of hydrogen-bond acceptors (Lipinski definition) is 8. The summed E-state index contributed by atoms with van der Waals surface area (Å²) in [6.07, 6.45) is 5.84. The highest BCUT2D eigenvalue weighted by Crippen LogP contribution is 2.38. The van der Waals surface area contributed by atoms with Crippen molar-refractivity contribution in [3.8, 4) is 0 Å². The molecule has 0 fully saturated rings. The molecule has 1 unspecified atom stereocenters. The number of pyridine rings is 1. The number of halogens is 2. The molecule has 0 aliphatic carbocycles. The van der Waals surface area contributed by atoms with Crippen LogP contribution >= 0.6 is 23.2 Å². The average Bonchev–Trinajstić information content (AvgIpc) is 3.21. The maximum absolute atomic E-state index is 13.1. The van der Waals surface area contributed by atoms with Gasteiger partial charge in [0.05, 0.1) is 27.9 Å². The molecule has 0 bridgehead atoms. The summed E-state index contributed by atoms with van der Waals surface area (Å²) >= 11 is 12.6. The summed E-state index contributed by atoms with van der Waals surface area (Å²) in [5, 5.41) is 4.60. The zero-order chi connectivity index (χ0) is 30.0. The summed E-state index contributed by atoms with van der Waals surface area (Å²) in [6, 6.07) is 4.92. The SMILES string of the molecule is CC(C)(C)OC(=O)CN(CCCN1C(c2ccnc3c(Cl)c(Cl)ccc23)C=CN1C(=O)OC(C)(C)C)S(C)(=O)=O. The molecule has 1 aromatic heterocycles. The summed E-state index contributed by atoms with van der Waals surface area (Å²) < 4.78 is 36.9. The highest BCUT2D eigenvalue weighted by molar-refractivity contribution is 7.88. The fourth-order valence-corrected chi connectivity index (χ4v) is 5.36. The van der Waals surface area contributed by atoms with Gasteiger partial charge in [0.1, 0.15) is 17.7 Å². The molecule has 220 valence electrons. The first-order valence-corrected chi connectivity index (χ1v) is 15.3. The molecule has 1 amide bonds. The number of benzene rings is 1. The second kappa shape index (κ2) is 12.2. The third-order valence-corrected chi connectivity index (χ3v) is 7.78. The summed E-state index contributed by atoms with van der Waals surface area (Å²) in [5.74, 6) is -0.646. The van der Waals surface area contributed by atoms with Crippen molar-refractivity contribution in [3.63, 3.8) is 0 Å². The maximum atomic E-state index is 13.1. The molecule has 10 nitrogen and oxygen atoms in total. The second-order valence-electron chi connectivity index (χ2n) is 11.5. The lowest BCUT2D eigenvalue weighted by Crippen LogP contribution is -2.45. The van der Waals surface area contributed by atoms with Crippen molar-refractivity contribution < 1.29 is 27.5 Å². The van der Waals surface area contributed by atoms with E-state index in [0.29, 0.717) is 22.0 Å². The lowest BCUT2D eigenvalue weighted by Gasteiger charge is -2.34. The normalized spacial score (nSPS) is 16.6. The number of nitrogens with zero attached hydrogens (tertiary/aromatic N) is 4. The highest BCUT2D eigenvalue weighted by atomic mass is 35.5. The number of sulfonamides is 1. The number of carbonyl (C=O) groups is 2. The van der Waals surface area contributed by atoms with Gasteiger partial charge in [0.15, 0.2) is 0 Å². The van der Waals surface area contributed by atoms with Crippen LogP contribution in [-0.4, -0.2) is 76.9 Å². The number of amides is 1. The largest absolute Gasteiger partial charge is 0.459 e. The molecule has 40 heavy (non-hydrogen) atoms. The van der Waals surface area contributed by atoms with Crippen molar-refractivity contribution in [1.29, 1.82) is 0 Å². The van der Waals surface area contributed by atoms with Crippen LogP contribution in [0.5, 0.6) is 0 Å². The van der Waals surface area contributed by atoms with Crippen molar-refractivity contribution in [2.75, 3.05) is 25.9 Å². The number of ether oxygens (including phenoxy) is 2. The van der Waals surface area contributed by atoms with Gasteiger partial charge in [-0.05, 0) is 71.7 Å². The van der Waals surface area contributed by atoms with Crippen LogP contribution in [0.25, 0.3) is 10.9 Å². The van der Waals surface area contributed by atoms with Crippen LogP contribution in [0.2, 0.25) is 10.0 Å². The molecular weight excluding hydrogens is 579 g/mol. The Morgan fingerprint density at radius 1 is 1.05 bits per heavy atom. The van der Waals surface area contributed by atoms with Gasteiger partial charge in [0.25, 0.3) is 0 Å². The Hall–Kier alpha value is -2.44. The lowest BCUT2D eigenvalue weighted by atomic mass is 10.0. The monoisotopic (exact) mass is 614 g/mol. The van der Waals surface area contributed by atoms with Gasteiger partial charge in [-0.25, -0.2) is 23.2 Å². The quantitative estimate of drug-likeness (QED) is 0.356. The molecule has 1 aromatic carbocycles. The van der Waals surface area contributed by atoms with Crippen molar-refractivity contribution in [3.05, 3.63) is 52.3 Å². The van der Waals surface area contributed by atoms with Gasteiger partial charge in [-0.1, -0.05) is 29.3 Å². The first-order valence-electron chi connectivity index (χ1n) is 12.7.